The molecule has 137 heavy (non-hydrogen) atoms. The molecule has 0 saturated heterocycles. The Kier molecular flexibility index (Phi) is 31.4. The lowest BCUT2D eigenvalue weighted by molar-refractivity contribution is -0.123. The molecule has 714 valence electrons. The second-order valence-electron chi connectivity index (χ2n) is 32.6. The van der Waals surface area contributed by atoms with E-state index in [-0.39, 0.29) is 124 Å². The number of allylic oxidation sites excluding steroid dienone is 4. The first-order valence-electron chi connectivity index (χ1n) is 43.3. The number of hydrogen-bond donors (Lipinski definition) is 9. The Morgan fingerprint density at radius 1 is 0.423 bits per heavy atom. The van der Waals surface area contributed by atoms with Crippen LogP contribution in [0.2, 0.25) is 0 Å². The van der Waals surface area contributed by atoms with Crippen LogP contribution in [0.3, 0.4) is 0 Å². The van der Waals surface area contributed by atoms with Crippen LogP contribution in [0.25, 0.3) is 46.5 Å². The molecule has 12 aromatic rings. The Hall–Kier alpha value is -16.2. The highest BCUT2D eigenvalue weighted by Gasteiger charge is 2.39. The van der Waals surface area contributed by atoms with Crippen LogP contribution < -0.4 is 64.5 Å². The highest BCUT2D eigenvalue weighted by molar-refractivity contribution is 6.07. The number of aromatic hydroxyl groups is 4. The summed E-state index contributed by atoms with van der Waals surface area (Å²) in [4.78, 5) is 66.2. The first kappa shape index (κ1) is 98.3. The molecule has 2 aliphatic carbocycles. The number of nitrogens with one attached hydrogen (secondary N) is 5. The summed E-state index contributed by atoms with van der Waals surface area (Å²) in [5, 5.41) is 55.3. The lowest BCUT2D eigenvalue weighted by atomic mass is 9.93. The average molecular weight is 1880 g/mol. The molecule has 29 nitrogen and oxygen atoms in total. The van der Waals surface area contributed by atoms with Crippen molar-refractivity contribution in [1.82, 2.24) is 65.0 Å². The van der Waals surface area contributed by atoms with E-state index in [4.69, 9.17) is 37.9 Å². The SMILES string of the molecule is COc1cc(/C=C2/C(C)=C(NC(=O)NCc3ccccc3)c3cnc(F)cc32)cc(OC)c1O.COc1cc(/C=C2\c3cc(F)nc(F)c3C(CC(=O)NCc3cccn3C)N2C)cc(OC)c1O.COc1cc(/C=C2\c3ccc(F)cc3C(CC(=O)NCc3cccn3C)N2C)cc(OC)c1O.COc1cc(CC2=C(C)C(CC(=O)NCc3cccn3C)c3cc(F)cnc32)cc(OC)c1O. The number of rotatable bonds is 28. The fraction of sp³-hybridized carbons (Fsp3) is 0.252. The Morgan fingerprint density at radius 2 is 0.861 bits per heavy atom. The second-order valence-corrected chi connectivity index (χ2v) is 32.6. The molecule has 9 N–H and O–H groups in total. The summed E-state index contributed by atoms with van der Waals surface area (Å²) in [7, 11) is 20.9. The monoisotopic (exact) mass is 1880 g/mol. The molecule has 4 aliphatic rings. The van der Waals surface area contributed by atoms with Crippen molar-refractivity contribution in [3.05, 3.63) is 313 Å². The highest BCUT2D eigenvalue weighted by Crippen LogP contribution is 2.51. The number of benzene rings is 6. The zero-order chi connectivity index (χ0) is 98.3. The summed E-state index contributed by atoms with van der Waals surface area (Å²) in [5.41, 5.74) is 16.5. The van der Waals surface area contributed by atoms with Gasteiger partial charge in [-0.2, -0.15) is 18.2 Å². The van der Waals surface area contributed by atoms with Gasteiger partial charge in [-0.15, -0.1) is 0 Å². The van der Waals surface area contributed by atoms with E-state index in [9.17, 15) is 61.6 Å². The van der Waals surface area contributed by atoms with E-state index >= 15 is 0 Å². The molecule has 0 radical (unpaired) electrons. The number of hydrogen-bond acceptors (Lipinski definition) is 21. The zero-order valence-corrected chi connectivity index (χ0v) is 78.1. The molecule has 0 spiro atoms. The van der Waals surface area contributed by atoms with Crippen molar-refractivity contribution in [3.8, 4) is 69.0 Å². The third-order valence-electron chi connectivity index (χ3n) is 24.3. The van der Waals surface area contributed by atoms with Crippen molar-refractivity contribution in [2.24, 2.45) is 21.1 Å². The normalized spacial score (nSPS) is 15.1. The maximum Gasteiger partial charge on any atom is 0.319 e. The number of carbonyl (C=O) groups excluding carboxylic acids is 4. The van der Waals surface area contributed by atoms with Crippen molar-refractivity contribution in [1.29, 1.82) is 0 Å². The number of pyridine rings is 3. The predicted molar refractivity (Wildman–Crippen MR) is 507 cm³/mol. The minimum Gasteiger partial charge on any atom is -0.502 e. The van der Waals surface area contributed by atoms with Crippen LogP contribution in [0.5, 0.6) is 69.0 Å². The van der Waals surface area contributed by atoms with Gasteiger partial charge in [0.05, 0.1) is 119 Å². The summed E-state index contributed by atoms with van der Waals surface area (Å²) in [6.45, 7) is 5.33. The molecule has 0 bridgehead atoms. The molecule has 3 atom stereocenters. The molecule has 3 unspecified atom stereocenters. The van der Waals surface area contributed by atoms with Gasteiger partial charge in [-0.05, 0) is 209 Å². The number of halogens is 5. The summed E-state index contributed by atoms with van der Waals surface area (Å²) in [6, 6.07) is 41.6. The van der Waals surface area contributed by atoms with Crippen molar-refractivity contribution in [2.45, 2.75) is 83.7 Å². The minimum atomic E-state index is -0.963. The third-order valence-corrected chi connectivity index (χ3v) is 24.3. The van der Waals surface area contributed by atoms with Crippen LogP contribution in [-0.2, 0) is 68.1 Å². The van der Waals surface area contributed by atoms with Crippen LogP contribution in [0.4, 0.5) is 26.7 Å². The molecule has 5 amide bonds. The quantitative estimate of drug-likeness (QED) is 0.0162. The van der Waals surface area contributed by atoms with E-state index < -0.39 is 29.7 Å². The summed E-state index contributed by atoms with van der Waals surface area (Å²) in [5.74, 6) is -2.56. The number of aryl methyl sites for hydroxylation is 3. The van der Waals surface area contributed by atoms with Crippen molar-refractivity contribution < 1.29 is 99.5 Å². The third kappa shape index (κ3) is 22.4. The number of phenols is 4. The van der Waals surface area contributed by atoms with Gasteiger partial charge in [0.25, 0.3) is 0 Å². The van der Waals surface area contributed by atoms with Crippen molar-refractivity contribution >= 4 is 70.2 Å². The summed E-state index contributed by atoms with van der Waals surface area (Å²) < 4.78 is 119. The zero-order valence-electron chi connectivity index (χ0n) is 78.1. The topological polar surface area (TPSA) is 343 Å². The highest BCUT2D eigenvalue weighted by atomic mass is 19.1. The molecular formula is C103H106F5N13O16. The van der Waals surface area contributed by atoms with Gasteiger partial charge in [0.15, 0.2) is 46.0 Å². The predicted octanol–water partition coefficient (Wildman–Crippen LogP) is 16.5. The van der Waals surface area contributed by atoms with Crippen LogP contribution in [0.1, 0.15) is 141 Å². The van der Waals surface area contributed by atoms with Gasteiger partial charge in [0.2, 0.25) is 58.6 Å². The Labute approximate surface area is 788 Å². The molecule has 8 heterocycles. The number of aromatic nitrogens is 6. The smallest absolute Gasteiger partial charge is 0.319 e. The number of amides is 5. The number of ether oxygens (including phenoxy) is 8. The Balaban J connectivity index is 0.000000154. The van der Waals surface area contributed by atoms with Gasteiger partial charge in [-0.1, -0.05) is 35.9 Å². The van der Waals surface area contributed by atoms with Crippen molar-refractivity contribution in [3.63, 3.8) is 0 Å². The van der Waals surface area contributed by atoms with Gasteiger partial charge in [0.1, 0.15) is 11.6 Å². The molecule has 0 fully saturated rings. The largest absolute Gasteiger partial charge is 0.502 e. The van der Waals surface area contributed by atoms with E-state index in [1.165, 1.54) is 93.5 Å². The molecule has 0 saturated carbocycles. The molecule has 34 heteroatoms. The Bertz CT molecular complexity index is 6600. The van der Waals surface area contributed by atoms with E-state index in [1.807, 2.05) is 158 Å². The number of phenolic OH excluding ortho intramolecular Hbond substituents is 4. The van der Waals surface area contributed by atoms with Crippen molar-refractivity contribution in [2.75, 3.05) is 71.0 Å². The minimum absolute atomic E-state index is 0.0578. The van der Waals surface area contributed by atoms with Gasteiger partial charge in [-0.3, -0.25) is 19.4 Å². The van der Waals surface area contributed by atoms with Crippen LogP contribution in [-0.4, -0.2) is 154 Å². The van der Waals surface area contributed by atoms with E-state index in [2.05, 4.69) is 41.5 Å². The number of fused-ring (bicyclic) bond motifs is 4. The van der Waals surface area contributed by atoms with Gasteiger partial charge < -0.3 is 108 Å². The lowest BCUT2D eigenvalue weighted by Gasteiger charge is -2.23. The fourth-order valence-corrected chi connectivity index (χ4v) is 16.9. The summed E-state index contributed by atoms with van der Waals surface area (Å²) >= 11 is 0. The fourth-order valence-electron chi connectivity index (χ4n) is 16.9. The molecule has 2 aliphatic heterocycles. The second kappa shape index (κ2) is 43.7. The van der Waals surface area contributed by atoms with Crippen LogP contribution >= 0.6 is 0 Å². The average Bonchev–Trinajstić information content (AvgIpc) is 1.63. The Morgan fingerprint density at radius 3 is 1.34 bits per heavy atom. The molecular weight excluding hydrogens is 1770 g/mol. The lowest BCUT2D eigenvalue weighted by Crippen LogP contribution is -2.34. The first-order valence-corrected chi connectivity index (χ1v) is 43.3. The standard InChI is InChI=1S/2C26H28FN3O4.C26H24FN3O4.C25H26F2N4O4/c1-29-9-5-6-18(29)15-28-25(31)14-22-20-13-17(27)7-8-19(20)21(30(22)2)10-16-11-23(33-3)26(32)24(12-16)34-4;1-15-19(12-24(31)28-14-18-6-5-7-30(18)2)21-11-17(27)13-29-25(21)20(15)8-16-9-22(33-3)26(32)23(10-16)34-4;1-15-18(9-17-10-21(33-2)25(31)22(11-17)34-3)19-12-23(27)28-14-20(19)24(15)30-26(32)29-13-16-7-5-4-6-8-16;1-30-7-5-6-15(30)13-28-22(32)12-18-23-16(11-21(26)29-25(23)27)17(31(18)2)8-14-9-19(34-3)24(33)20(10-14)35-4/h5-13,22,32H,14-15H2,1-4H3,(H,28,31);5-7,9-11,13,19,32H,8,12,14H2,1-4H3,(H,28,31);4-12,14,31H,13H2,1-3H3,(H2,29,30,32);5-11,18,33H,12-13H2,1-4H3,(H,28,32)/b21-10+;;18-9-;17-8+. The molecule has 6 aromatic heterocycles. The maximum absolute atomic E-state index is 14.9. The number of urea groups is 1. The summed E-state index contributed by atoms with van der Waals surface area (Å²) in [6.07, 6.45) is 14.5. The molecule has 6 aromatic carbocycles. The number of nitrogens with zero attached hydrogens (tertiary/aromatic N) is 8. The van der Waals surface area contributed by atoms with Gasteiger partial charge >= 0.3 is 6.03 Å². The molecule has 16 rings (SSSR count). The number of carbonyl (C=O) groups is 4. The number of methoxy groups -OCH3 is 8. The van der Waals surface area contributed by atoms with E-state index in [0.717, 1.165) is 73.4 Å². The maximum atomic E-state index is 14.9. The first-order chi connectivity index (χ1) is 65.8. The van der Waals surface area contributed by atoms with E-state index in [0.29, 0.717) is 100 Å². The van der Waals surface area contributed by atoms with E-state index in [1.54, 1.807) is 72.6 Å². The van der Waals surface area contributed by atoms with Crippen LogP contribution in [0.15, 0.2) is 194 Å². The van der Waals surface area contributed by atoms with Gasteiger partial charge in [-0.25, -0.2) is 18.6 Å². The van der Waals surface area contributed by atoms with Crippen LogP contribution in [0, 0.1) is 29.5 Å². The van der Waals surface area contributed by atoms with Gasteiger partial charge in [0, 0.05) is 142 Å².